The van der Waals surface area contributed by atoms with Gasteiger partial charge in [-0.2, -0.15) is 5.10 Å². The molecular formula is C22H18N4O2. The fourth-order valence-electron chi connectivity index (χ4n) is 3.33. The second-order valence-electron chi connectivity index (χ2n) is 7.13. The van der Waals surface area contributed by atoms with Gasteiger partial charge in [-0.05, 0) is 53.9 Å². The molecule has 4 aromatic rings. The lowest BCUT2D eigenvalue weighted by atomic mass is 10.0. The molecule has 5 rings (SSSR count). The van der Waals surface area contributed by atoms with Crippen LogP contribution in [0.3, 0.4) is 0 Å². The van der Waals surface area contributed by atoms with Crippen molar-refractivity contribution in [3.8, 4) is 0 Å². The molecular weight excluding hydrogens is 352 g/mol. The first-order valence-electron chi connectivity index (χ1n) is 9.25. The molecule has 0 atom stereocenters. The van der Waals surface area contributed by atoms with E-state index in [-0.39, 0.29) is 17.7 Å². The Morgan fingerprint density at radius 2 is 1.71 bits per heavy atom. The van der Waals surface area contributed by atoms with Crippen LogP contribution in [0.5, 0.6) is 0 Å². The molecule has 0 unspecified atom stereocenters. The maximum absolute atomic E-state index is 13.0. The van der Waals surface area contributed by atoms with E-state index < -0.39 is 0 Å². The highest BCUT2D eigenvalue weighted by molar-refractivity contribution is 6.13. The van der Waals surface area contributed by atoms with Gasteiger partial charge in [-0.25, -0.2) is 0 Å². The number of aromatic amines is 1. The summed E-state index contributed by atoms with van der Waals surface area (Å²) in [4.78, 5) is 25.3. The zero-order valence-corrected chi connectivity index (χ0v) is 15.0. The first kappa shape index (κ1) is 16.5. The molecule has 0 saturated heterocycles. The third kappa shape index (κ3) is 3.09. The van der Waals surface area contributed by atoms with Gasteiger partial charge in [0.05, 0.1) is 23.0 Å². The van der Waals surface area contributed by atoms with Gasteiger partial charge in [0.1, 0.15) is 0 Å². The van der Waals surface area contributed by atoms with Crippen molar-refractivity contribution in [3.63, 3.8) is 0 Å². The maximum Gasteiger partial charge on any atom is 0.257 e. The molecule has 1 fully saturated rings. The van der Waals surface area contributed by atoms with Gasteiger partial charge >= 0.3 is 0 Å². The Morgan fingerprint density at radius 3 is 2.50 bits per heavy atom. The number of nitrogens with one attached hydrogen (secondary N) is 3. The summed E-state index contributed by atoms with van der Waals surface area (Å²) in [7, 11) is 0. The molecule has 1 aliphatic carbocycles. The minimum atomic E-state index is -0.264. The van der Waals surface area contributed by atoms with E-state index >= 15 is 0 Å². The Balaban J connectivity index is 1.51. The lowest BCUT2D eigenvalue weighted by Crippen LogP contribution is -2.19. The summed E-state index contributed by atoms with van der Waals surface area (Å²) in [6, 6.07) is 17.0. The topological polar surface area (TPSA) is 86.9 Å². The molecule has 138 valence electrons. The Labute approximate surface area is 160 Å². The van der Waals surface area contributed by atoms with E-state index in [0.29, 0.717) is 16.9 Å². The third-order valence-electron chi connectivity index (χ3n) is 5.03. The Bertz CT molecular complexity index is 1220. The SMILES string of the molecule is O=C(Nc1ccc2[nH]ncc2c1)c1cc2ccccc2cc1NC(=O)C1CC1. The van der Waals surface area contributed by atoms with Crippen LogP contribution in [0.15, 0.2) is 60.8 Å². The molecule has 6 nitrogen and oxygen atoms in total. The minimum Gasteiger partial charge on any atom is -0.325 e. The van der Waals surface area contributed by atoms with Crippen LogP contribution >= 0.6 is 0 Å². The Morgan fingerprint density at radius 1 is 0.929 bits per heavy atom. The first-order valence-corrected chi connectivity index (χ1v) is 9.25. The van der Waals surface area contributed by atoms with Crippen LogP contribution in [0.25, 0.3) is 21.7 Å². The van der Waals surface area contributed by atoms with E-state index in [2.05, 4.69) is 20.8 Å². The van der Waals surface area contributed by atoms with Gasteiger partial charge in [0.2, 0.25) is 5.91 Å². The summed E-state index contributed by atoms with van der Waals surface area (Å²) in [5.41, 5.74) is 2.56. The quantitative estimate of drug-likeness (QED) is 0.500. The number of benzene rings is 3. The molecule has 0 bridgehead atoms. The van der Waals surface area contributed by atoms with E-state index in [1.165, 1.54) is 0 Å². The third-order valence-corrected chi connectivity index (χ3v) is 5.03. The molecule has 1 aromatic heterocycles. The lowest BCUT2D eigenvalue weighted by Gasteiger charge is -2.13. The van der Waals surface area contributed by atoms with E-state index in [4.69, 9.17) is 0 Å². The number of aromatic nitrogens is 2. The number of anilines is 2. The molecule has 1 aliphatic rings. The second-order valence-corrected chi connectivity index (χ2v) is 7.13. The zero-order chi connectivity index (χ0) is 19.1. The fraction of sp³-hybridized carbons (Fsp3) is 0.136. The molecule has 0 aliphatic heterocycles. The summed E-state index contributed by atoms with van der Waals surface area (Å²) in [6.07, 6.45) is 3.53. The van der Waals surface area contributed by atoms with Crippen molar-refractivity contribution in [2.75, 3.05) is 10.6 Å². The van der Waals surface area contributed by atoms with Crippen LogP contribution in [0.4, 0.5) is 11.4 Å². The Kier molecular flexibility index (Phi) is 3.83. The average molecular weight is 370 g/mol. The van der Waals surface area contributed by atoms with Gasteiger partial charge < -0.3 is 10.6 Å². The lowest BCUT2D eigenvalue weighted by molar-refractivity contribution is -0.117. The molecule has 0 radical (unpaired) electrons. The van der Waals surface area contributed by atoms with Gasteiger partial charge in [0, 0.05) is 17.0 Å². The molecule has 2 amide bonds. The van der Waals surface area contributed by atoms with Crippen molar-refractivity contribution in [2.24, 2.45) is 5.92 Å². The minimum absolute atomic E-state index is 0.0239. The number of H-pyrrole nitrogens is 1. The van der Waals surface area contributed by atoms with Crippen molar-refractivity contribution in [1.82, 2.24) is 10.2 Å². The fourth-order valence-corrected chi connectivity index (χ4v) is 3.33. The van der Waals surface area contributed by atoms with Crippen molar-refractivity contribution in [2.45, 2.75) is 12.8 Å². The van der Waals surface area contributed by atoms with Crippen molar-refractivity contribution in [3.05, 3.63) is 66.4 Å². The summed E-state index contributed by atoms with van der Waals surface area (Å²) < 4.78 is 0. The number of nitrogens with zero attached hydrogens (tertiary/aromatic N) is 1. The molecule has 0 spiro atoms. The highest BCUT2D eigenvalue weighted by Gasteiger charge is 2.30. The molecule has 6 heteroatoms. The molecule has 3 aromatic carbocycles. The number of hydrogen-bond donors (Lipinski definition) is 3. The van der Waals surface area contributed by atoms with Crippen LogP contribution in [0.2, 0.25) is 0 Å². The largest absolute Gasteiger partial charge is 0.325 e. The highest BCUT2D eigenvalue weighted by Crippen LogP contribution is 2.32. The van der Waals surface area contributed by atoms with E-state index in [0.717, 1.165) is 34.5 Å². The van der Waals surface area contributed by atoms with Gasteiger partial charge in [-0.1, -0.05) is 24.3 Å². The number of amides is 2. The normalized spacial score (nSPS) is 13.6. The molecule has 3 N–H and O–H groups in total. The van der Waals surface area contributed by atoms with Crippen molar-refractivity contribution < 1.29 is 9.59 Å². The van der Waals surface area contributed by atoms with Crippen LogP contribution in [0.1, 0.15) is 23.2 Å². The number of carbonyl (C=O) groups excluding carboxylic acids is 2. The van der Waals surface area contributed by atoms with Crippen LogP contribution < -0.4 is 10.6 Å². The smallest absolute Gasteiger partial charge is 0.257 e. The van der Waals surface area contributed by atoms with Crippen LogP contribution in [0, 0.1) is 5.92 Å². The standard InChI is InChI=1S/C22H18N4O2/c27-21(13-5-6-13)25-20-11-15-4-2-1-3-14(15)10-18(20)22(28)24-17-7-8-19-16(9-17)12-23-26-19/h1-4,7-13H,5-6H2,(H,23,26)(H,24,28)(H,25,27). The van der Waals surface area contributed by atoms with Crippen LogP contribution in [-0.4, -0.2) is 22.0 Å². The summed E-state index contributed by atoms with van der Waals surface area (Å²) >= 11 is 0. The predicted molar refractivity (Wildman–Crippen MR) is 109 cm³/mol. The van der Waals surface area contributed by atoms with E-state index in [1.807, 2.05) is 54.6 Å². The van der Waals surface area contributed by atoms with Gasteiger partial charge in [-0.3, -0.25) is 14.7 Å². The second kappa shape index (κ2) is 6.49. The van der Waals surface area contributed by atoms with Crippen LogP contribution in [-0.2, 0) is 4.79 Å². The summed E-state index contributed by atoms with van der Waals surface area (Å²) in [5.74, 6) is -0.227. The average Bonchev–Trinajstić information content (AvgIpc) is 3.45. The zero-order valence-electron chi connectivity index (χ0n) is 15.0. The monoisotopic (exact) mass is 370 g/mol. The molecule has 28 heavy (non-hydrogen) atoms. The number of hydrogen-bond acceptors (Lipinski definition) is 3. The van der Waals surface area contributed by atoms with Crippen molar-refractivity contribution >= 4 is 44.9 Å². The number of fused-ring (bicyclic) bond motifs is 2. The van der Waals surface area contributed by atoms with Gasteiger partial charge in [0.15, 0.2) is 0 Å². The predicted octanol–water partition coefficient (Wildman–Crippen LogP) is 4.32. The van der Waals surface area contributed by atoms with E-state index in [1.54, 1.807) is 6.20 Å². The number of carbonyl (C=O) groups is 2. The van der Waals surface area contributed by atoms with E-state index in [9.17, 15) is 9.59 Å². The van der Waals surface area contributed by atoms with Crippen molar-refractivity contribution in [1.29, 1.82) is 0 Å². The number of rotatable bonds is 4. The maximum atomic E-state index is 13.0. The first-order chi connectivity index (χ1) is 13.7. The summed E-state index contributed by atoms with van der Waals surface area (Å²) in [5, 5.41) is 15.6. The van der Waals surface area contributed by atoms with Gasteiger partial charge in [-0.15, -0.1) is 0 Å². The molecule has 1 saturated carbocycles. The Hall–Kier alpha value is -3.67. The highest BCUT2D eigenvalue weighted by atomic mass is 16.2. The molecule has 1 heterocycles. The summed E-state index contributed by atoms with van der Waals surface area (Å²) in [6.45, 7) is 0. The van der Waals surface area contributed by atoms with Gasteiger partial charge in [0.25, 0.3) is 5.91 Å².